The number of pyridine rings is 1. The van der Waals surface area contributed by atoms with Crippen molar-refractivity contribution in [2.24, 2.45) is 23.7 Å². The molecule has 2 saturated carbocycles. The number of rotatable bonds is 9. The van der Waals surface area contributed by atoms with Gasteiger partial charge in [0, 0.05) is 0 Å². The summed E-state index contributed by atoms with van der Waals surface area (Å²) in [6, 6.07) is 2.69. The lowest BCUT2D eigenvalue weighted by molar-refractivity contribution is -0.140. The molecule has 3 nitrogen and oxygen atoms in total. The number of nitrogens with zero attached hydrogens (tertiary/aromatic N) is 1. The van der Waals surface area contributed by atoms with Crippen molar-refractivity contribution in [2.45, 2.75) is 96.8 Å². The lowest BCUT2D eigenvalue weighted by Gasteiger charge is -2.37. The number of halogens is 1. The van der Waals surface area contributed by atoms with E-state index in [9.17, 15) is 9.18 Å². The Bertz CT molecular complexity index is 602. The van der Waals surface area contributed by atoms with Crippen LogP contribution < -0.4 is 4.74 Å². The van der Waals surface area contributed by atoms with Gasteiger partial charge in [0.15, 0.2) is 0 Å². The molecule has 29 heavy (non-hydrogen) atoms. The lowest BCUT2D eigenvalue weighted by Crippen LogP contribution is -2.30. The van der Waals surface area contributed by atoms with Crippen LogP contribution in [0.2, 0.25) is 0 Å². The van der Waals surface area contributed by atoms with E-state index in [2.05, 4.69) is 11.9 Å². The number of aromatic nitrogens is 1. The van der Waals surface area contributed by atoms with E-state index in [0.717, 1.165) is 43.4 Å². The molecule has 0 unspecified atom stereocenters. The molecule has 2 aliphatic rings. The highest BCUT2D eigenvalue weighted by Crippen LogP contribution is 2.42. The standard InChI is InChI=1S/C25H38FNO2/c1-2-3-4-5-6-7-19-8-10-20(11-9-19)21-12-14-22(15-13-21)25(28)29-23-16-17-24(26)27-18-23/h16-22H,2-15H2,1H3/t19-,20-,21-,22-. The van der Waals surface area contributed by atoms with Crippen molar-refractivity contribution in [2.75, 3.05) is 0 Å². The first-order chi connectivity index (χ1) is 14.2. The van der Waals surface area contributed by atoms with Crippen LogP contribution in [0.4, 0.5) is 4.39 Å². The van der Waals surface area contributed by atoms with Gasteiger partial charge in [-0.1, -0.05) is 58.3 Å². The van der Waals surface area contributed by atoms with Gasteiger partial charge in [0.2, 0.25) is 5.95 Å². The van der Waals surface area contributed by atoms with Gasteiger partial charge in [0.25, 0.3) is 0 Å². The number of carbonyl (C=O) groups is 1. The van der Waals surface area contributed by atoms with E-state index in [1.165, 1.54) is 82.5 Å². The number of esters is 1. The Hall–Kier alpha value is -1.45. The summed E-state index contributed by atoms with van der Waals surface area (Å²) in [5.74, 6) is 2.20. The Kier molecular flexibility index (Phi) is 8.94. The molecule has 3 rings (SSSR count). The summed E-state index contributed by atoms with van der Waals surface area (Å²) in [6.45, 7) is 2.28. The second-order valence-corrected chi connectivity index (χ2v) is 9.33. The summed E-state index contributed by atoms with van der Waals surface area (Å²) in [4.78, 5) is 15.9. The predicted octanol–water partition coefficient (Wildman–Crippen LogP) is 7.10. The predicted molar refractivity (Wildman–Crippen MR) is 114 cm³/mol. The van der Waals surface area contributed by atoms with Gasteiger partial charge >= 0.3 is 5.97 Å². The van der Waals surface area contributed by atoms with Crippen LogP contribution in [-0.2, 0) is 4.79 Å². The van der Waals surface area contributed by atoms with E-state index >= 15 is 0 Å². The maximum absolute atomic E-state index is 12.9. The van der Waals surface area contributed by atoms with E-state index in [0.29, 0.717) is 5.75 Å². The molecule has 0 radical (unpaired) electrons. The zero-order chi connectivity index (χ0) is 20.5. The van der Waals surface area contributed by atoms with Gasteiger partial charge < -0.3 is 4.74 Å². The fourth-order valence-corrected chi connectivity index (χ4v) is 5.43. The molecule has 0 N–H and O–H groups in total. The Morgan fingerprint density at radius 3 is 2.24 bits per heavy atom. The molecule has 0 aromatic carbocycles. The second kappa shape index (κ2) is 11.7. The monoisotopic (exact) mass is 403 g/mol. The molecule has 0 saturated heterocycles. The molecule has 0 amide bonds. The van der Waals surface area contributed by atoms with E-state index in [1.807, 2.05) is 0 Å². The Balaban J connectivity index is 1.32. The Morgan fingerprint density at radius 2 is 1.62 bits per heavy atom. The SMILES string of the molecule is CCCCCCC[C@H]1CC[C@H]([C@H]2CC[C@H](C(=O)Oc3ccc(F)nc3)CC2)CC1. The van der Waals surface area contributed by atoms with Crippen molar-refractivity contribution >= 4 is 5.97 Å². The van der Waals surface area contributed by atoms with E-state index in [1.54, 1.807) is 0 Å². The van der Waals surface area contributed by atoms with Crippen molar-refractivity contribution in [1.29, 1.82) is 0 Å². The summed E-state index contributed by atoms with van der Waals surface area (Å²) in [5.41, 5.74) is 0. The van der Waals surface area contributed by atoms with Crippen LogP contribution in [0.3, 0.4) is 0 Å². The molecule has 1 aromatic rings. The van der Waals surface area contributed by atoms with Crippen molar-refractivity contribution in [3.05, 3.63) is 24.3 Å². The van der Waals surface area contributed by atoms with Crippen molar-refractivity contribution < 1.29 is 13.9 Å². The van der Waals surface area contributed by atoms with Crippen molar-refractivity contribution in [3.63, 3.8) is 0 Å². The van der Waals surface area contributed by atoms with Crippen molar-refractivity contribution in [1.82, 2.24) is 4.98 Å². The molecule has 0 aliphatic heterocycles. The molecule has 1 aromatic heterocycles. The van der Waals surface area contributed by atoms with E-state index in [4.69, 9.17) is 4.74 Å². The third-order valence-corrected chi connectivity index (χ3v) is 7.30. The molecular formula is C25H38FNO2. The molecule has 0 bridgehead atoms. The molecule has 0 spiro atoms. The van der Waals surface area contributed by atoms with Crippen LogP contribution in [0, 0.1) is 29.6 Å². The molecule has 2 fully saturated rings. The summed E-state index contributed by atoms with van der Waals surface area (Å²) in [7, 11) is 0. The van der Waals surface area contributed by atoms with Crippen molar-refractivity contribution in [3.8, 4) is 5.75 Å². The van der Waals surface area contributed by atoms with Gasteiger partial charge in [0.05, 0.1) is 12.1 Å². The molecule has 2 aliphatic carbocycles. The fourth-order valence-electron chi connectivity index (χ4n) is 5.43. The number of carbonyl (C=O) groups excluding carboxylic acids is 1. The molecule has 1 heterocycles. The highest BCUT2D eigenvalue weighted by atomic mass is 19.1. The third kappa shape index (κ3) is 7.08. The smallest absolute Gasteiger partial charge is 0.314 e. The van der Waals surface area contributed by atoms with Crippen LogP contribution in [-0.4, -0.2) is 11.0 Å². The van der Waals surface area contributed by atoms with E-state index in [-0.39, 0.29) is 11.9 Å². The molecular weight excluding hydrogens is 365 g/mol. The largest absolute Gasteiger partial charge is 0.425 e. The highest BCUT2D eigenvalue weighted by Gasteiger charge is 2.33. The first-order valence-corrected chi connectivity index (χ1v) is 12.0. The maximum atomic E-state index is 12.9. The van der Waals surface area contributed by atoms with E-state index < -0.39 is 5.95 Å². The summed E-state index contributed by atoms with van der Waals surface area (Å²) in [6.07, 6.45) is 19.4. The van der Waals surface area contributed by atoms with Crippen LogP contribution in [0.5, 0.6) is 5.75 Å². The second-order valence-electron chi connectivity index (χ2n) is 9.33. The molecule has 162 valence electrons. The fraction of sp³-hybridized carbons (Fsp3) is 0.760. The quantitative estimate of drug-likeness (QED) is 0.251. The van der Waals surface area contributed by atoms with Crippen LogP contribution in [0.1, 0.15) is 96.8 Å². The van der Waals surface area contributed by atoms with Crippen LogP contribution >= 0.6 is 0 Å². The number of hydrogen-bond donors (Lipinski definition) is 0. The summed E-state index contributed by atoms with van der Waals surface area (Å²) in [5, 5.41) is 0. The van der Waals surface area contributed by atoms with Gasteiger partial charge in [-0.05, 0) is 68.4 Å². The summed E-state index contributed by atoms with van der Waals surface area (Å²) >= 11 is 0. The van der Waals surface area contributed by atoms with Gasteiger partial charge in [-0.25, -0.2) is 4.98 Å². The Labute approximate surface area is 175 Å². The average Bonchev–Trinajstić information content (AvgIpc) is 2.76. The first kappa shape index (κ1) is 22.2. The van der Waals surface area contributed by atoms with Gasteiger partial charge in [-0.2, -0.15) is 4.39 Å². The molecule has 0 atom stereocenters. The zero-order valence-corrected chi connectivity index (χ0v) is 18.1. The minimum Gasteiger partial charge on any atom is -0.425 e. The average molecular weight is 404 g/mol. The van der Waals surface area contributed by atoms with Gasteiger partial charge in [-0.3, -0.25) is 4.79 Å². The van der Waals surface area contributed by atoms with Crippen LogP contribution in [0.25, 0.3) is 0 Å². The summed E-state index contributed by atoms with van der Waals surface area (Å²) < 4.78 is 18.3. The molecule has 4 heteroatoms. The highest BCUT2D eigenvalue weighted by molar-refractivity contribution is 5.75. The minimum atomic E-state index is -0.559. The normalized spacial score (nSPS) is 27.5. The number of ether oxygens (including phenoxy) is 1. The number of unbranched alkanes of at least 4 members (excludes halogenated alkanes) is 4. The maximum Gasteiger partial charge on any atom is 0.314 e. The van der Waals surface area contributed by atoms with Gasteiger partial charge in [-0.15, -0.1) is 0 Å². The third-order valence-electron chi connectivity index (χ3n) is 7.30. The lowest BCUT2D eigenvalue weighted by atomic mass is 9.68. The minimum absolute atomic E-state index is 0.0178. The van der Waals surface area contributed by atoms with Gasteiger partial charge in [0.1, 0.15) is 5.75 Å². The Morgan fingerprint density at radius 1 is 0.966 bits per heavy atom. The number of hydrogen-bond acceptors (Lipinski definition) is 3. The zero-order valence-electron chi connectivity index (χ0n) is 18.1. The topological polar surface area (TPSA) is 39.2 Å². The first-order valence-electron chi connectivity index (χ1n) is 12.0. The van der Waals surface area contributed by atoms with Crippen LogP contribution in [0.15, 0.2) is 18.3 Å².